The van der Waals surface area contributed by atoms with Gasteiger partial charge in [-0.3, -0.25) is 14.3 Å². The zero-order chi connectivity index (χ0) is 20.4. The molecule has 1 heterocycles. The van der Waals surface area contributed by atoms with E-state index in [4.69, 9.17) is 32.7 Å². The Bertz CT molecular complexity index is 917. The number of esters is 1. The molecule has 0 radical (unpaired) electrons. The van der Waals surface area contributed by atoms with Crippen molar-refractivity contribution in [2.75, 3.05) is 11.1 Å². The Morgan fingerprint density at radius 2 is 2.04 bits per heavy atom. The average molecular weight is 501 g/mol. The lowest BCUT2D eigenvalue weighted by molar-refractivity contribution is -0.142. The molecule has 11 heteroatoms. The van der Waals surface area contributed by atoms with Crippen LogP contribution in [0.3, 0.4) is 0 Å². The number of alkyl halides is 1. The van der Waals surface area contributed by atoms with Gasteiger partial charge in [0.15, 0.2) is 0 Å². The van der Waals surface area contributed by atoms with Gasteiger partial charge in [0.2, 0.25) is 27.3 Å². The van der Waals surface area contributed by atoms with Gasteiger partial charge in [0.25, 0.3) is 5.78 Å². The molecule has 0 aliphatic carbocycles. The van der Waals surface area contributed by atoms with Crippen molar-refractivity contribution in [2.24, 2.45) is 0 Å². The van der Waals surface area contributed by atoms with Gasteiger partial charge in [0.1, 0.15) is 0 Å². The van der Waals surface area contributed by atoms with Gasteiger partial charge in [-0.2, -0.15) is 0 Å². The largest absolute Gasteiger partial charge is 0.456 e. The molecule has 2 rings (SSSR count). The minimum Gasteiger partial charge on any atom is -0.456 e. The summed E-state index contributed by atoms with van der Waals surface area (Å²) in [4.78, 5) is 24.3. The lowest BCUT2D eigenvalue weighted by Gasteiger charge is -2.25. The number of hydrogen-bond donors (Lipinski definition) is 1. The predicted octanol–water partition coefficient (Wildman–Crippen LogP) is 3.24. The summed E-state index contributed by atoms with van der Waals surface area (Å²) in [6.07, 6.45) is 0.330. The fourth-order valence-corrected chi connectivity index (χ4v) is 4.58. The summed E-state index contributed by atoms with van der Waals surface area (Å²) < 4.78 is 37.1. The molecule has 1 aliphatic heterocycles. The summed E-state index contributed by atoms with van der Waals surface area (Å²) >= 11 is 15.4. The summed E-state index contributed by atoms with van der Waals surface area (Å²) in [5, 5.41) is 0.729. The third-order valence-corrected chi connectivity index (χ3v) is 6.36. The molecule has 1 aliphatic rings. The maximum Gasteiger partial charge on any atom is 0.308 e. The van der Waals surface area contributed by atoms with Crippen LogP contribution in [-0.4, -0.2) is 31.3 Å². The van der Waals surface area contributed by atoms with Crippen LogP contribution < -0.4 is 4.72 Å². The van der Waals surface area contributed by atoms with Crippen LogP contribution in [0.1, 0.15) is 25.8 Å². The zero-order valence-electron chi connectivity index (χ0n) is 14.3. The van der Waals surface area contributed by atoms with Crippen LogP contribution in [0, 0.1) is 0 Å². The highest BCUT2D eigenvalue weighted by atomic mass is 79.9. The van der Waals surface area contributed by atoms with Crippen LogP contribution in [0.15, 0.2) is 29.8 Å². The number of ether oxygens (including phenoxy) is 2. The molecular formula is C16H16BrCl2NO6S. The van der Waals surface area contributed by atoms with Crippen LogP contribution in [0.2, 0.25) is 10.0 Å². The minimum atomic E-state index is -3.84. The molecule has 0 saturated carbocycles. The molecule has 1 aromatic rings. The van der Waals surface area contributed by atoms with E-state index in [9.17, 15) is 18.0 Å². The summed E-state index contributed by atoms with van der Waals surface area (Å²) in [5.41, 5.74) is -1.51. The Morgan fingerprint density at radius 3 is 2.63 bits per heavy atom. The monoisotopic (exact) mass is 499 g/mol. The zero-order valence-corrected chi connectivity index (χ0v) is 18.3. The van der Waals surface area contributed by atoms with Crippen molar-refractivity contribution in [2.45, 2.75) is 25.9 Å². The van der Waals surface area contributed by atoms with Gasteiger partial charge >= 0.3 is 5.97 Å². The molecule has 148 valence electrons. The Labute approximate surface area is 175 Å². The lowest BCUT2D eigenvalue weighted by atomic mass is 9.91. The molecule has 1 aromatic carbocycles. The number of hydrogen-bond acceptors (Lipinski definition) is 6. The average Bonchev–Trinajstić information content (AvgIpc) is 2.79. The van der Waals surface area contributed by atoms with Gasteiger partial charge in [-0.1, -0.05) is 51.3 Å². The van der Waals surface area contributed by atoms with Gasteiger partial charge in [0.05, 0.1) is 15.8 Å². The first kappa shape index (κ1) is 22.0. The summed E-state index contributed by atoms with van der Waals surface area (Å²) in [6, 6.07) is 4.61. The van der Waals surface area contributed by atoms with E-state index < -0.39 is 39.0 Å². The number of sulfonamides is 1. The molecule has 1 N–H and O–H groups in total. The molecule has 0 spiro atoms. The van der Waals surface area contributed by atoms with E-state index in [0.29, 0.717) is 11.8 Å². The van der Waals surface area contributed by atoms with E-state index in [0.717, 1.165) is 6.92 Å². The number of halogens is 3. The van der Waals surface area contributed by atoms with Crippen LogP contribution >= 0.6 is 39.1 Å². The van der Waals surface area contributed by atoms with Crippen molar-refractivity contribution in [1.29, 1.82) is 0 Å². The third-order valence-electron chi connectivity index (χ3n) is 3.66. The molecule has 0 fully saturated rings. The van der Waals surface area contributed by atoms with Crippen molar-refractivity contribution < 1.29 is 27.5 Å². The molecule has 7 nitrogen and oxygen atoms in total. The molecule has 0 saturated heterocycles. The second-order valence-electron chi connectivity index (χ2n) is 5.78. The Hall–Kier alpha value is -1.29. The third kappa shape index (κ3) is 4.77. The normalized spacial score (nSPS) is 19.8. The van der Waals surface area contributed by atoms with E-state index in [-0.39, 0.29) is 21.4 Å². The smallest absolute Gasteiger partial charge is 0.308 e. The second-order valence-corrected chi connectivity index (χ2v) is 9.20. The van der Waals surface area contributed by atoms with E-state index in [2.05, 4.69) is 20.7 Å². The van der Waals surface area contributed by atoms with Crippen molar-refractivity contribution in [3.05, 3.63) is 45.5 Å². The SMILES string of the molecule is CC(=O)OC1=C(NS(=O)(=O)CCCBr)OC(C)(c2cccc(Cl)c2Cl)C1=O. The number of Topliss-reactive ketones (excluding diaryl/α,β-unsaturated/α-hetero) is 1. The Balaban J connectivity index is 2.47. The number of ketones is 1. The van der Waals surface area contributed by atoms with Crippen LogP contribution in [0.4, 0.5) is 0 Å². The van der Waals surface area contributed by atoms with Crippen LogP contribution in [-0.2, 0) is 34.7 Å². The highest BCUT2D eigenvalue weighted by Gasteiger charge is 2.51. The number of benzene rings is 1. The second kappa shape index (κ2) is 8.38. The van der Waals surface area contributed by atoms with Gasteiger partial charge in [-0.15, -0.1) is 0 Å². The van der Waals surface area contributed by atoms with Gasteiger partial charge < -0.3 is 9.47 Å². The van der Waals surface area contributed by atoms with E-state index in [1.165, 1.54) is 19.1 Å². The molecule has 1 atom stereocenters. The minimum absolute atomic E-state index is 0.0700. The van der Waals surface area contributed by atoms with Crippen LogP contribution in [0.25, 0.3) is 0 Å². The van der Waals surface area contributed by atoms with Crippen molar-refractivity contribution in [3.63, 3.8) is 0 Å². The number of carbonyl (C=O) groups excluding carboxylic acids is 2. The van der Waals surface area contributed by atoms with Crippen molar-refractivity contribution in [3.8, 4) is 0 Å². The summed E-state index contributed by atoms with van der Waals surface area (Å²) in [6.45, 7) is 2.47. The Kier molecular flexibility index (Phi) is 6.83. The Morgan fingerprint density at radius 1 is 1.37 bits per heavy atom. The highest BCUT2D eigenvalue weighted by Crippen LogP contribution is 2.43. The summed E-state index contributed by atoms with van der Waals surface area (Å²) in [7, 11) is -3.84. The molecule has 0 aromatic heterocycles. The van der Waals surface area contributed by atoms with E-state index in [1.807, 2.05) is 0 Å². The first-order chi connectivity index (χ1) is 12.5. The van der Waals surface area contributed by atoms with E-state index in [1.54, 1.807) is 6.07 Å². The molecule has 1 unspecified atom stereocenters. The fraction of sp³-hybridized carbons (Fsp3) is 0.375. The van der Waals surface area contributed by atoms with Crippen LogP contribution in [0.5, 0.6) is 0 Å². The van der Waals surface area contributed by atoms with Gasteiger partial charge in [-0.05, 0) is 19.4 Å². The van der Waals surface area contributed by atoms with Crippen molar-refractivity contribution in [1.82, 2.24) is 4.72 Å². The number of rotatable bonds is 7. The van der Waals surface area contributed by atoms with Crippen molar-refractivity contribution >= 4 is 60.9 Å². The van der Waals surface area contributed by atoms with Gasteiger partial charge in [-0.25, -0.2) is 8.42 Å². The first-order valence-corrected chi connectivity index (χ1v) is 11.2. The van der Waals surface area contributed by atoms with Gasteiger partial charge in [0, 0.05) is 17.8 Å². The highest BCUT2D eigenvalue weighted by molar-refractivity contribution is 9.09. The summed E-state index contributed by atoms with van der Waals surface area (Å²) in [5.74, 6) is -2.80. The lowest BCUT2D eigenvalue weighted by Crippen LogP contribution is -2.33. The molecule has 0 bridgehead atoms. The topological polar surface area (TPSA) is 98.8 Å². The quantitative estimate of drug-likeness (QED) is 0.455. The fourth-order valence-electron chi connectivity index (χ4n) is 2.41. The molecule has 0 amide bonds. The maximum absolute atomic E-state index is 12.9. The predicted molar refractivity (Wildman–Crippen MR) is 104 cm³/mol. The number of carbonyl (C=O) groups is 2. The number of nitrogens with one attached hydrogen (secondary N) is 1. The standard InChI is InChI=1S/C16H16BrCl2NO6S/c1-9(21)25-13-14(22)16(2,10-5-3-6-11(18)12(10)19)26-15(13)20-27(23,24)8-4-7-17/h3,5-6,20H,4,7-8H2,1-2H3. The van der Waals surface area contributed by atoms with E-state index >= 15 is 0 Å². The first-order valence-electron chi connectivity index (χ1n) is 7.69. The molecule has 27 heavy (non-hydrogen) atoms. The maximum atomic E-state index is 12.9. The molecular weight excluding hydrogens is 485 g/mol.